The van der Waals surface area contributed by atoms with Gasteiger partial charge in [0.1, 0.15) is 19.2 Å². The van der Waals surface area contributed by atoms with Crippen molar-refractivity contribution in [2.45, 2.75) is 24.9 Å². The van der Waals surface area contributed by atoms with Gasteiger partial charge in [-0.3, -0.25) is 14.4 Å². The van der Waals surface area contributed by atoms with Crippen molar-refractivity contribution in [3.8, 4) is 0 Å². The van der Waals surface area contributed by atoms with Crippen LogP contribution in [0.1, 0.15) is 12.8 Å². The van der Waals surface area contributed by atoms with Gasteiger partial charge >= 0.3 is 12.0 Å². The molecule has 0 radical (unpaired) electrons. The molecule has 0 rings (SSSR count). The Morgan fingerprint density at radius 2 is 1.89 bits per heavy atom. The standard InChI is InChI=1S/C14H25N7O7/c1-17-12(8(15)7-22)21-28-5-4-18-14(27)20-9(2-3-10(16)23)13(26)19-6-11(24)25/h8-9,22H,1-7,15H2,(H2,16,23)(H,19,26)(H,24,25)(H2,18,20,27)/b21-12-/t8-,9-/m0/s1. The third-order valence-electron chi connectivity index (χ3n) is 3.04. The molecule has 0 aliphatic heterocycles. The van der Waals surface area contributed by atoms with Crippen molar-refractivity contribution in [3.05, 3.63) is 0 Å². The van der Waals surface area contributed by atoms with Gasteiger partial charge in [0.05, 0.1) is 19.2 Å². The highest BCUT2D eigenvalue weighted by molar-refractivity contribution is 5.90. The molecule has 4 amide bonds. The number of carboxylic acid groups (broad SMARTS) is 1. The zero-order valence-corrected chi connectivity index (χ0v) is 15.1. The number of carboxylic acids is 1. The Labute approximate surface area is 160 Å². The number of amidine groups is 1. The monoisotopic (exact) mass is 403 g/mol. The molecule has 158 valence electrons. The Kier molecular flexibility index (Phi) is 12.3. The fraction of sp³-hybridized carbons (Fsp3) is 0.571. The van der Waals surface area contributed by atoms with E-state index < -0.39 is 49.1 Å². The van der Waals surface area contributed by atoms with Crippen molar-refractivity contribution >= 4 is 36.4 Å². The summed E-state index contributed by atoms with van der Waals surface area (Å²) in [4.78, 5) is 53.5. The third kappa shape index (κ3) is 11.4. The highest BCUT2D eigenvalue weighted by Gasteiger charge is 2.21. The van der Waals surface area contributed by atoms with E-state index in [1.165, 1.54) is 0 Å². The van der Waals surface area contributed by atoms with Gasteiger partial charge in [0, 0.05) is 6.42 Å². The number of nitrogens with two attached hydrogens (primary N) is 2. The maximum Gasteiger partial charge on any atom is 0.322 e. The Hall–Kier alpha value is -3.26. The molecule has 0 spiro atoms. The highest BCUT2D eigenvalue weighted by Crippen LogP contribution is 1.98. The summed E-state index contributed by atoms with van der Waals surface area (Å²) in [6, 6.07) is -2.78. The minimum Gasteiger partial charge on any atom is -0.480 e. The second-order valence-corrected chi connectivity index (χ2v) is 5.30. The number of carbonyl (C=O) groups excluding carboxylic acids is 3. The zero-order valence-electron chi connectivity index (χ0n) is 15.1. The number of rotatable bonds is 13. The lowest BCUT2D eigenvalue weighted by molar-refractivity contribution is -0.138. The van der Waals surface area contributed by atoms with Gasteiger partial charge in [-0.2, -0.15) is 0 Å². The third-order valence-corrected chi connectivity index (χ3v) is 3.04. The van der Waals surface area contributed by atoms with Gasteiger partial charge in [-0.15, -0.1) is 0 Å². The van der Waals surface area contributed by atoms with Crippen molar-refractivity contribution in [2.24, 2.45) is 21.6 Å². The number of aliphatic hydroxyl groups excluding tert-OH is 1. The van der Waals surface area contributed by atoms with E-state index in [4.69, 9.17) is 26.5 Å². The van der Waals surface area contributed by atoms with Crippen LogP contribution in [0, 0.1) is 0 Å². The number of nitrogens with one attached hydrogen (secondary N) is 3. The van der Waals surface area contributed by atoms with Crippen LogP contribution < -0.4 is 27.4 Å². The maximum atomic E-state index is 11.9. The fourth-order valence-electron chi connectivity index (χ4n) is 1.67. The first-order valence-electron chi connectivity index (χ1n) is 8.06. The van der Waals surface area contributed by atoms with Crippen molar-refractivity contribution in [1.82, 2.24) is 16.0 Å². The molecule has 0 aromatic rings. The molecule has 2 atom stereocenters. The van der Waals surface area contributed by atoms with Crippen LogP contribution in [0.25, 0.3) is 0 Å². The van der Waals surface area contributed by atoms with E-state index in [0.29, 0.717) is 0 Å². The summed E-state index contributed by atoms with van der Waals surface area (Å²) in [5.74, 6) is -2.75. The largest absolute Gasteiger partial charge is 0.480 e. The van der Waals surface area contributed by atoms with Crippen LogP contribution in [0.5, 0.6) is 0 Å². The van der Waals surface area contributed by atoms with Crippen LogP contribution in [0.3, 0.4) is 0 Å². The average molecular weight is 403 g/mol. The molecule has 0 aliphatic rings. The molecule has 14 nitrogen and oxygen atoms in total. The summed E-state index contributed by atoms with van der Waals surface area (Å²) in [5, 5.41) is 27.8. The molecule has 0 aromatic carbocycles. The maximum absolute atomic E-state index is 11.9. The van der Waals surface area contributed by atoms with Gasteiger partial charge in [-0.25, -0.2) is 9.79 Å². The number of carbonyl (C=O) groups is 4. The average Bonchev–Trinajstić information content (AvgIpc) is 2.65. The molecule has 9 N–H and O–H groups in total. The lowest BCUT2D eigenvalue weighted by Gasteiger charge is -2.17. The van der Waals surface area contributed by atoms with Crippen molar-refractivity contribution < 1.29 is 34.2 Å². The minimum atomic E-state index is -1.27. The summed E-state index contributed by atoms with van der Waals surface area (Å²) in [7, 11) is 0. The van der Waals surface area contributed by atoms with E-state index in [1.54, 1.807) is 0 Å². The lowest BCUT2D eigenvalue weighted by atomic mass is 10.1. The quantitative estimate of drug-likeness (QED) is 0.0703. The molecule has 0 saturated heterocycles. The molecular formula is C14H25N7O7. The Bertz CT molecular complexity index is 597. The summed E-state index contributed by atoms with van der Waals surface area (Å²) >= 11 is 0. The predicted molar refractivity (Wildman–Crippen MR) is 97.4 cm³/mol. The highest BCUT2D eigenvalue weighted by atomic mass is 16.6. The van der Waals surface area contributed by atoms with E-state index >= 15 is 0 Å². The molecule has 28 heavy (non-hydrogen) atoms. The lowest BCUT2D eigenvalue weighted by Crippen LogP contribution is -2.51. The number of urea groups is 1. The molecule has 14 heteroatoms. The molecule has 0 fully saturated rings. The van der Waals surface area contributed by atoms with Gasteiger partial charge in [-0.05, 0) is 13.1 Å². The number of amides is 4. The van der Waals surface area contributed by atoms with Gasteiger partial charge in [-0.1, -0.05) is 5.16 Å². The fourth-order valence-corrected chi connectivity index (χ4v) is 1.67. The number of oxime groups is 1. The smallest absolute Gasteiger partial charge is 0.322 e. The first kappa shape index (κ1) is 24.7. The number of nitrogens with zero attached hydrogens (tertiary/aromatic N) is 2. The van der Waals surface area contributed by atoms with E-state index in [9.17, 15) is 19.2 Å². The normalized spacial score (nSPS) is 13.0. The second kappa shape index (κ2) is 13.9. The Morgan fingerprint density at radius 1 is 1.21 bits per heavy atom. The molecule has 0 unspecified atom stereocenters. The van der Waals surface area contributed by atoms with Crippen LogP contribution in [0.4, 0.5) is 4.79 Å². The molecule has 0 bridgehead atoms. The van der Waals surface area contributed by atoms with E-state index in [0.717, 1.165) is 0 Å². The predicted octanol–water partition coefficient (Wildman–Crippen LogP) is -3.53. The Balaban J connectivity index is 4.47. The van der Waals surface area contributed by atoms with Crippen LogP contribution in [0.2, 0.25) is 0 Å². The van der Waals surface area contributed by atoms with Gasteiger partial charge < -0.3 is 42.5 Å². The molecule has 0 aromatic heterocycles. The van der Waals surface area contributed by atoms with Crippen LogP contribution in [0.15, 0.2) is 10.1 Å². The number of hydrogen-bond donors (Lipinski definition) is 7. The van der Waals surface area contributed by atoms with Crippen molar-refractivity contribution in [3.63, 3.8) is 0 Å². The summed E-state index contributed by atoms with van der Waals surface area (Å²) in [6.07, 6.45) is -0.298. The minimum absolute atomic E-state index is 0.0198. The number of aliphatic imine (C=N–C) groups is 1. The summed E-state index contributed by atoms with van der Waals surface area (Å²) in [6.45, 7) is 2.07. The van der Waals surface area contributed by atoms with Gasteiger partial charge in [0.25, 0.3) is 0 Å². The van der Waals surface area contributed by atoms with Crippen molar-refractivity contribution in [1.29, 1.82) is 0 Å². The number of primary amides is 1. The van der Waals surface area contributed by atoms with E-state index in [1.807, 2.05) is 0 Å². The zero-order chi connectivity index (χ0) is 21.5. The van der Waals surface area contributed by atoms with Gasteiger partial charge in [0.2, 0.25) is 11.8 Å². The van der Waals surface area contributed by atoms with Crippen LogP contribution in [-0.2, 0) is 19.2 Å². The summed E-state index contributed by atoms with van der Waals surface area (Å²) in [5.41, 5.74) is 10.5. The van der Waals surface area contributed by atoms with E-state index in [2.05, 4.69) is 32.8 Å². The number of aliphatic hydroxyl groups is 1. The molecule has 0 saturated carbocycles. The van der Waals surface area contributed by atoms with Crippen LogP contribution >= 0.6 is 0 Å². The molecule has 0 heterocycles. The topological polar surface area (TPSA) is 231 Å². The van der Waals surface area contributed by atoms with Gasteiger partial charge in [0.15, 0.2) is 5.84 Å². The van der Waals surface area contributed by atoms with Crippen LogP contribution in [-0.4, -0.2) is 85.0 Å². The first-order chi connectivity index (χ1) is 13.2. The first-order valence-corrected chi connectivity index (χ1v) is 8.06. The SMILES string of the molecule is C=N/C(=N\OCCNC(=O)N[C@@H](CCC(N)=O)C(=O)NCC(=O)O)[C@@H](N)CO. The second-order valence-electron chi connectivity index (χ2n) is 5.30. The summed E-state index contributed by atoms with van der Waals surface area (Å²) < 4.78 is 0. The van der Waals surface area contributed by atoms with Crippen molar-refractivity contribution in [2.75, 3.05) is 26.3 Å². The number of hydrogen-bond acceptors (Lipinski definition) is 8. The molecule has 0 aliphatic carbocycles. The number of aliphatic carboxylic acids is 1. The Morgan fingerprint density at radius 3 is 2.43 bits per heavy atom. The van der Waals surface area contributed by atoms with E-state index in [-0.39, 0.29) is 31.8 Å². The molecular weight excluding hydrogens is 378 g/mol.